The second-order valence-corrected chi connectivity index (χ2v) is 6.12. The molecule has 0 unspecified atom stereocenters. The van der Waals surface area contributed by atoms with Gasteiger partial charge in [-0.1, -0.05) is 18.2 Å². The van der Waals surface area contributed by atoms with E-state index in [0.29, 0.717) is 5.56 Å². The van der Waals surface area contributed by atoms with Crippen molar-refractivity contribution in [3.05, 3.63) is 65.0 Å². The summed E-state index contributed by atoms with van der Waals surface area (Å²) in [5, 5.41) is 9.27. The summed E-state index contributed by atoms with van der Waals surface area (Å²) in [5.41, 5.74) is -0.00948. The molecule has 7 nitrogen and oxygen atoms in total. The topological polar surface area (TPSA) is 94.9 Å². The zero-order valence-electron chi connectivity index (χ0n) is 16.7. The number of benzene rings is 2. The smallest absolute Gasteiger partial charge is 0.349 e. The zero-order chi connectivity index (χ0) is 22.1. The number of carbonyl (C=O) groups excluding carboxylic acids is 2. The van der Waals surface area contributed by atoms with Crippen LogP contribution >= 0.6 is 0 Å². The largest absolute Gasteiger partial charge is 0.493 e. The maximum Gasteiger partial charge on any atom is 0.349 e. The molecule has 0 N–H and O–H groups in total. The van der Waals surface area contributed by atoms with Crippen molar-refractivity contribution in [3.8, 4) is 17.6 Å². The van der Waals surface area contributed by atoms with Crippen LogP contribution in [0.5, 0.6) is 11.5 Å². The Morgan fingerprint density at radius 1 is 1.17 bits per heavy atom. The summed E-state index contributed by atoms with van der Waals surface area (Å²) in [6.45, 7) is 1.83. The van der Waals surface area contributed by atoms with E-state index in [1.54, 1.807) is 13.0 Å². The number of halogens is 1. The first kappa shape index (κ1) is 22.6. The number of carbonyl (C=O) groups is 2. The minimum Gasteiger partial charge on any atom is -0.493 e. The molecule has 0 aromatic heterocycles. The SMILES string of the molecule is COC[C@H](C)OC(=O)/C(C#N)=C/c1ccc(OC(=O)c2ccccc2F)c(OC)c1. The zero-order valence-corrected chi connectivity index (χ0v) is 16.7. The van der Waals surface area contributed by atoms with Crippen LogP contribution in [0.1, 0.15) is 22.8 Å². The van der Waals surface area contributed by atoms with Crippen molar-refractivity contribution in [2.45, 2.75) is 13.0 Å². The van der Waals surface area contributed by atoms with Crippen molar-refractivity contribution in [2.75, 3.05) is 20.8 Å². The minimum atomic E-state index is -0.886. The third-order valence-corrected chi connectivity index (χ3v) is 3.85. The summed E-state index contributed by atoms with van der Waals surface area (Å²) >= 11 is 0. The molecule has 0 saturated heterocycles. The summed E-state index contributed by atoms with van der Waals surface area (Å²) in [6.07, 6.45) is 0.793. The average molecular weight is 413 g/mol. The van der Waals surface area contributed by atoms with Crippen LogP contribution in [0, 0.1) is 17.1 Å². The van der Waals surface area contributed by atoms with Gasteiger partial charge in [-0.3, -0.25) is 0 Å². The normalized spacial score (nSPS) is 11.9. The molecule has 0 aliphatic carbocycles. The Kier molecular flexibility index (Phi) is 8.08. The number of nitrogens with zero attached hydrogens (tertiary/aromatic N) is 1. The van der Waals surface area contributed by atoms with Crippen LogP contribution in [0.2, 0.25) is 0 Å². The third-order valence-electron chi connectivity index (χ3n) is 3.85. The van der Waals surface area contributed by atoms with Gasteiger partial charge in [0.15, 0.2) is 11.5 Å². The van der Waals surface area contributed by atoms with Crippen molar-refractivity contribution < 1.29 is 32.9 Å². The summed E-state index contributed by atoms with van der Waals surface area (Å²) in [6, 6.07) is 11.6. The van der Waals surface area contributed by atoms with E-state index in [9.17, 15) is 19.2 Å². The number of hydrogen-bond donors (Lipinski definition) is 0. The molecule has 8 heteroatoms. The number of esters is 2. The quantitative estimate of drug-likeness (QED) is 0.283. The van der Waals surface area contributed by atoms with Gasteiger partial charge in [-0.25, -0.2) is 14.0 Å². The number of hydrogen-bond acceptors (Lipinski definition) is 7. The van der Waals surface area contributed by atoms with Gasteiger partial charge < -0.3 is 18.9 Å². The van der Waals surface area contributed by atoms with E-state index in [-0.39, 0.29) is 29.2 Å². The van der Waals surface area contributed by atoms with Crippen LogP contribution in [-0.4, -0.2) is 38.9 Å². The van der Waals surface area contributed by atoms with Crippen LogP contribution in [0.4, 0.5) is 4.39 Å². The molecule has 0 spiro atoms. The van der Waals surface area contributed by atoms with E-state index in [1.807, 2.05) is 0 Å². The molecule has 0 aliphatic heterocycles. The molecule has 0 fully saturated rings. The standard InChI is InChI=1S/C22H20FNO6/c1-14(13-27-2)29-21(25)16(12-24)10-15-8-9-19(20(11-15)28-3)30-22(26)17-6-4-5-7-18(17)23/h4-11,14H,13H2,1-3H3/b16-10+/t14-/m0/s1. The summed E-state index contributed by atoms with van der Waals surface area (Å²) in [5.74, 6) is -2.18. The highest BCUT2D eigenvalue weighted by molar-refractivity contribution is 5.98. The molecular formula is C22H20FNO6. The lowest BCUT2D eigenvalue weighted by Crippen LogP contribution is -2.20. The first-order valence-electron chi connectivity index (χ1n) is 8.86. The Labute approximate surface area is 173 Å². The predicted octanol–water partition coefficient (Wildman–Crippen LogP) is 3.54. The number of ether oxygens (including phenoxy) is 4. The summed E-state index contributed by atoms with van der Waals surface area (Å²) < 4.78 is 34.2. The van der Waals surface area contributed by atoms with Crippen molar-refractivity contribution in [1.29, 1.82) is 5.26 Å². The first-order valence-corrected chi connectivity index (χ1v) is 8.86. The molecule has 1 atom stereocenters. The monoisotopic (exact) mass is 413 g/mol. The van der Waals surface area contributed by atoms with Crippen LogP contribution in [0.15, 0.2) is 48.0 Å². The molecule has 0 bridgehead atoms. The molecule has 2 aromatic carbocycles. The maximum absolute atomic E-state index is 13.8. The van der Waals surface area contributed by atoms with Crippen molar-refractivity contribution in [3.63, 3.8) is 0 Å². The van der Waals surface area contributed by atoms with Crippen LogP contribution in [0.25, 0.3) is 6.08 Å². The van der Waals surface area contributed by atoms with Gasteiger partial charge in [0.1, 0.15) is 23.6 Å². The molecule has 2 aromatic rings. The van der Waals surface area contributed by atoms with Gasteiger partial charge in [0.05, 0.1) is 19.3 Å². The van der Waals surface area contributed by atoms with Crippen molar-refractivity contribution >= 4 is 18.0 Å². The number of methoxy groups -OCH3 is 2. The fourth-order valence-corrected chi connectivity index (χ4v) is 2.46. The van der Waals surface area contributed by atoms with E-state index >= 15 is 0 Å². The summed E-state index contributed by atoms with van der Waals surface area (Å²) in [4.78, 5) is 24.3. The van der Waals surface area contributed by atoms with Gasteiger partial charge in [0.25, 0.3) is 0 Å². The van der Waals surface area contributed by atoms with Crippen LogP contribution in [-0.2, 0) is 14.3 Å². The molecule has 30 heavy (non-hydrogen) atoms. The second kappa shape index (κ2) is 10.7. The number of nitriles is 1. The average Bonchev–Trinajstić information content (AvgIpc) is 2.73. The van der Waals surface area contributed by atoms with E-state index in [2.05, 4.69) is 0 Å². The Balaban J connectivity index is 2.23. The molecule has 0 heterocycles. The molecule has 0 saturated carbocycles. The fourth-order valence-electron chi connectivity index (χ4n) is 2.46. The van der Waals surface area contributed by atoms with E-state index < -0.39 is 23.9 Å². The molecule has 2 rings (SSSR count). The Morgan fingerprint density at radius 3 is 2.53 bits per heavy atom. The predicted molar refractivity (Wildman–Crippen MR) is 105 cm³/mol. The van der Waals surface area contributed by atoms with E-state index in [1.165, 1.54) is 56.7 Å². The van der Waals surface area contributed by atoms with Gasteiger partial charge in [0.2, 0.25) is 0 Å². The second-order valence-electron chi connectivity index (χ2n) is 6.12. The Morgan fingerprint density at radius 2 is 1.90 bits per heavy atom. The third kappa shape index (κ3) is 5.90. The molecule has 0 amide bonds. The molecule has 0 aliphatic rings. The van der Waals surface area contributed by atoms with Crippen LogP contribution < -0.4 is 9.47 Å². The highest BCUT2D eigenvalue weighted by Crippen LogP contribution is 2.30. The van der Waals surface area contributed by atoms with Crippen molar-refractivity contribution in [1.82, 2.24) is 0 Å². The highest BCUT2D eigenvalue weighted by Gasteiger charge is 2.18. The van der Waals surface area contributed by atoms with Gasteiger partial charge in [-0.2, -0.15) is 5.26 Å². The summed E-state index contributed by atoms with van der Waals surface area (Å²) in [7, 11) is 2.83. The Bertz CT molecular complexity index is 995. The van der Waals surface area contributed by atoms with Crippen LogP contribution in [0.3, 0.4) is 0 Å². The van der Waals surface area contributed by atoms with Gasteiger partial charge in [-0.05, 0) is 42.8 Å². The van der Waals surface area contributed by atoms with Gasteiger partial charge >= 0.3 is 11.9 Å². The van der Waals surface area contributed by atoms with Gasteiger partial charge in [0, 0.05) is 7.11 Å². The van der Waals surface area contributed by atoms with Crippen molar-refractivity contribution in [2.24, 2.45) is 0 Å². The first-order chi connectivity index (χ1) is 14.4. The molecular weight excluding hydrogens is 393 g/mol. The Hall–Kier alpha value is -3.70. The molecule has 0 radical (unpaired) electrons. The molecule has 156 valence electrons. The lowest BCUT2D eigenvalue weighted by atomic mass is 10.1. The lowest BCUT2D eigenvalue weighted by molar-refractivity contribution is -0.145. The lowest BCUT2D eigenvalue weighted by Gasteiger charge is -2.12. The maximum atomic E-state index is 13.8. The minimum absolute atomic E-state index is 0.0534. The van der Waals surface area contributed by atoms with Gasteiger partial charge in [-0.15, -0.1) is 0 Å². The highest BCUT2D eigenvalue weighted by atomic mass is 19.1. The number of rotatable bonds is 8. The fraction of sp³-hybridized carbons (Fsp3) is 0.227. The van der Waals surface area contributed by atoms with E-state index in [0.717, 1.165) is 6.07 Å². The van der Waals surface area contributed by atoms with E-state index in [4.69, 9.17) is 18.9 Å².